The molecule has 1 aliphatic heterocycles. The van der Waals surface area contributed by atoms with Crippen molar-refractivity contribution in [3.63, 3.8) is 0 Å². The lowest BCUT2D eigenvalue weighted by Crippen LogP contribution is -2.49. The first-order chi connectivity index (χ1) is 15.4. The first kappa shape index (κ1) is 23.6. The largest absolute Gasteiger partial charge is 0.378 e. The fourth-order valence-electron chi connectivity index (χ4n) is 3.89. The third kappa shape index (κ3) is 5.80. The van der Waals surface area contributed by atoms with Crippen molar-refractivity contribution in [2.45, 2.75) is 39.7 Å². The Kier molecular flexibility index (Phi) is 8.12. The number of halogens is 1. The van der Waals surface area contributed by atoms with E-state index in [0.29, 0.717) is 67.8 Å². The number of rotatable bonds is 8. The van der Waals surface area contributed by atoms with Crippen LogP contribution in [0.1, 0.15) is 42.9 Å². The molecule has 1 amide bonds. The molecule has 7 nitrogen and oxygen atoms in total. The van der Waals surface area contributed by atoms with Crippen molar-refractivity contribution in [1.82, 2.24) is 14.9 Å². The zero-order valence-electron chi connectivity index (χ0n) is 19.0. The summed E-state index contributed by atoms with van der Waals surface area (Å²) in [5, 5.41) is 9.18. The van der Waals surface area contributed by atoms with Crippen LogP contribution in [0.5, 0.6) is 0 Å². The van der Waals surface area contributed by atoms with Crippen molar-refractivity contribution < 1.29 is 13.9 Å². The summed E-state index contributed by atoms with van der Waals surface area (Å²) in [4.78, 5) is 25.7. The van der Waals surface area contributed by atoms with Crippen molar-refractivity contribution in [2.75, 3.05) is 38.2 Å². The summed E-state index contributed by atoms with van der Waals surface area (Å²) >= 11 is 0. The zero-order chi connectivity index (χ0) is 23.1. The molecule has 1 aromatic heterocycles. The van der Waals surface area contributed by atoms with Gasteiger partial charge in [0.2, 0.25) is 5.91 Å². The fourth-order valence-corrected chi connectivity index (χ4v) is 3.89. The smallest absolute Gasteiger partial charge is 0.222 e. The second-order valence-electron chi connectivity index (χ2n) is 8.39. The first-order valence-corrected chi connectivity index (χ1v) is 10.9. The Morgan fingerprint density at radius 2 is 1.94 bits per heavy atom. The molecule has 0 atom stereocenters. The zero-order valence-corrected chi connectivity index (χ0v) is 19.0. The Labute approximate surface area is 188 Å². The number of carbonyl (C=O) groups excluding carboxylic acids is 1. The van der Waals surface area contributed by atoms with Crippen LogP contribution in [0.4, 0.5) is 10.2 Å². The molecule has 1 saturated heterocycles. The molecule has 3 rings (SSSR count). The molecule has 8 heteroatoms. The van der Waals surface area contributed by atoms with Gasteiger partial charge in [-0.2, -0.15) is 5.26 Å². The summed E-state index contributed by atoms with van der Waals surface area (Å²) in [5.41, 5.74) is 2.00. The number of carbonyl (C=O) groups is 1. The van der Waals surface area contributed by atoms with Gasteiger partial charge in [0.1, 0.15) is 17.5 Å². The molecular formula is C24H30FN5O2. The number of amides is 1. The minimum atomic E-state index is -0.285. The van der Waals surface area contributed by atoms with Crippen LogP contribution in [0.15, 0.2) is 24.3 Å². The second kappa shape index (κ2) is 11.0. The molecule has 0 spiro atoms. The molecule has 1 fully saturated rings. The van der Waals surface area contributed by atoms with Crippen LogP contribution < -0.4 is 4.90 Å². The van der Waals surface area contributed by atoms with Gasteiger partial charge in [-0.3, -0.25) is 4.79 Å². The maximum Gasteiger partial charge on any atom is 0.222 e. The summed E-state index contributed by atoms with van der Waals surface area (Å²) in [6.45, 7) is 6.75. The average Bonchev–Trinajstić information content (AvgIpc) is 2.76. The van der Waals surface area contributed by atoms with Gasteiger partial charge in [-0.1, -0.05) is 32.0 Å². The Morgan fingerprint density at radius 3 is 2.56 bits per heavy atom. The molecule has 1 aliphatic rings. The SMILES string of the molecule is COCc1nc(CC#N)nc(N2CCN(C(=O)CC(C)C)CC2)c1Cc1ccccc1F. The van der Waals surface area contributed by atoms with E-state index in [1.54, 1.807) is 25.3 Å². The molecule has 170 valence electrons. The predicted octanol–water partition coefficient (Wildman–Crippen LogP) is 3.11. The van der Waals surface area contributed by atoms with Crippen LogP contribution in [-0.2, 0) is 29.0 Å². The van der Waals surface area contributed by atoms with Gasteiger partial charge in [0.05, 0.1) is 24.8 Å². The fraction of sp³-hybridized carbons (Fsp3) is 0.500. The van der Waals surface area contributed by atoms with Crippen molar-refractivity contribution in [3.05, 3.63) is 52.7 Å². The highest BCUT2D eigenvalue weighted by Gasteiger charge is 2.26. The number of hydrogen-bond donors (Lipinski definition) is 0. The van der Waals surface area contributed by atoms with Gasteiger partial charge in [0.25, 0.3) is 0 Å². The lowest BCUT2D eigenvalue weighted by molar-refractivity contribution is -0.132. The van der Waals surface area contributed by atoms with Gasteiger partial charge in [-0.15, -0.1) is 0 Å². The number of nitriles is 1. The van der Waals surface area contributed by atoms with Crippen LogP contribution in [0.2, 0.25) is 0 Å². The van der Waals surface area contributed by atoms with Gasteiger partial charge in [0, 0.05) is 51.7 Å². The molecule has 0 N–H and O–H groups in total. The van der Waals surface area contributed by atoms with Crippen molar-refractivity contribution in [2.24, 2.45) is 5.92 Å². The molecule has 2 heterocycles. The topological polar surface area (TPSA) is 82.3 Å². The van der Waals surface area contributed by atoms with E-state index < -0.39 is 0 Å². The maximum absolute atomic E-state index is 14.4. The van der Waals surface area contributed by atoms with E-state index in [0.717, 1.165) is 5.56 Å². The Bertz CT molecular complexity index is 981. The number of benzene rings is 1. The molecule has 0 aliphatic carbocycles. The summed E-state index contributed by atoms with van der Waals surface area (Å²) in [5.74, 6) is 1.31. The lowest BCUT2D eigenvalue weighted by atomic mass is 10.0. The highest BCUT2D eigenvalue weighted by atomic mass is 19.1. The molecule has 0 bridgehead atoms. The summed E-state index contributed by atoms with van der Waals surface area (Å²) in [6, 6.07) is 8.76. The van der Waals surface area contributed by atoms with Crippen molar-refractivity contribution in [3.8, 4) is 6.07 Å². The van der Waals surface area contributed by atoms with E-state index in [1.165, 1.54) is 6.07 Å². The second-order valence-corrected chi connectivity index (χ2v) is 8.39. The molecule has 2 aromatic rings. The van der Waals surface area contributed by atoms with Crippen molar-refractivity contribution >= 4 is 11.7 Å². The molecule has 0 saturated carbocycles. The van der Waals surface area contributed by atoms with Crippen molar-refractivity contribution in [1.29, 1.82) is 5.26 Å². The third-order valence-corrected chi connectivity index (χ3v) is 5.48. The lowest BCUT2D eigenvalue weighted by Gasteiger charge is -2.37. The molecule has 32 heavy (non-hydrogen) atoms. The van der Waals surface area contributed by atoms with E-state index >= 15 is 0 Å². The number of aromatic nitrogens is 2. The third-order valence-electron chi connectivity index (χ3n) is 5.48. The molecular weight excluding hydrogens is 409 g/mol. The normalized spacial score (nSPS) is 14.0. The minimum Gasteiger partial charge on any atom is -0.378 e. The highest BCUT2D eigenvalue weighted by Crippen LogP contribution is 2.27. The number of ether oxygens (including phenoxy) is 1. The number of methoxy groups -OCH3 is 1. The van der Waals surface area contributed by atoms with Gasteiger partial charge < -0.3 is 14.5 Å². The Balaban J connectivity index is 1.93. The van der Waals surface area contributed by atoms with E-state index in [4.69, 9.17) is 4.74 Å². The minimum absolute atomic E-state index is 0.0799. The van der Waals surface area contributed by atoms with Gasteiger partial charge >= 0.3 is 0 Å². The quantitative estimate of drug-likeness (QED) is 0.629. The van der Waals surface area contributed by atoms with E-state index in [-0.39, 0.29) is 24.8 Å². The van der Waals surface area contributed by atoms with Crippen LogP contribution in [-0.4, -0.2) is 54.1 Å². The number of anilines is 1. The molecule has 1 aromatic carbocycles. The van der Waals surface area contributed by atoms with Crippen LogP contribution >= 0.6 is 0 Å². The Morgan fingerprint density at radius 1 is 1.22 bits per heavy atom. The van der Waals surface area contributed by atoms with E-state index in [2.05, 4.69) is 20.9 Å². The monoisotopic (exact) mass is 439 g/mol. The summed E-state index contributed by atoms with van der Waals surface area (Å²) in [6.07, 6.45) is 0.937. The van der Waals surface area contributed by atoms with Gasteiger partial charge in [0.15, 0.2) is 0 Å². The summed E-state index contributed by atoms with van der Waals surface area (Å²) in [7, 11) is 1.58. The Hall–Kier alpha value is -3.05. The molecule has 0 radical (unpaired) electrons. The first-order valence-electron chi connectivity index (χ1n) is 10.9. The van der Waals surface area contributed by atoms with E-state index in [9.17, 15) is 14.4 Å². The van der Waals surface area contributed by atoms with Crippen LogP contribution in [0, 0.1) is 23.1 Å². The average molecular weight is 440 g/mol. The van der Waals surface area contributed by atoms with Gasteiger partial charge in [-0.05, 0) is 17.5 Å². The number of piperazine rings is 1. The highest BCUT2D eigenvalue weighted by molar-refractivity contribution is 5.76. The molecule has 0 unspecified atom stereocenters. The number of hydrogen-bond acceptors (Lipinski definition) is 6. The van der Waals surface area contributed by atoms with Gasteiger partial charge in [-0.25, -0.2) is 14.4 Å². The standard InChI is InChI=1S/C24H30FN5O2/c1-17(2)14-23(31)29-10-12-30(13-11-29)24-19(15-18-6-4-5-7-20(18)25)21(16-32-3)27-22(28-24)8-9-26/h4-7,17H,8,10-16H2,1-3H3. The number of nitrogens with zero attached hydrogens (tertiary/aromatic N) is 5. The van der Waals surface area contributed by atoms with E-state index in [1.807, 2.05) is 18.7 Å². The summed E-state index contributed by atoms with van der Waals surface area (Å²) < 4.78 is 19.8. The van der Waals surface area contributed by atoms with Crippen LogP contribution in [0.3, 0.4) is 0 Å². The maximum atomic E-state index is 14.4. The predicted molar refractivity (Wildman–Crippen MR) is 120 cm³/mol. The van der Waals surface area contributed by atoms with Crippen LogP contribution in [0.25, 0.3) is 0 Å².